The number of nitro groups is 1. The fourth-order valence-electron chi connectivity index (χ4n) is 7.20. The lowest BCUT2D eigenvalue weighted by Gasteiger charge is -2.37. The van der Waals surface area contributed by atoms with Crippen molar-refractivity contribution >= 4 is 34.8 Å². The third kappa shape index (κ3) is 3.65. The molecule has 0 radical (unpaired) electrons. The standard InChI is InChI=1S/C35H26N2O6/c1-2-43-28-14-8-6-12-26(28)30-31(32(38)22-15-18-23(19-16-22)37(41)42)36-27-13-7-3-9-21(27)17-20-29(36)35(30)33(39)24-10-4-5-11-25(24)34(35)40/h3-20,29-31H,2H2,1H3/t29-,30-,31+/m0/s1. The summed E-state index contributed by atoms with van der Waals surface area (Å²) in [5.41, 5.74) is 1.27. The number of hydrogen-bond acceptors (Lipinski definition) is 7. The van der Waals surface area contributed by atoms with Crippen molar-refractivity contribution in [2.45, 2.75) is 24.9 Å². The monoisotopic (exact) mass is 570 g/mol. The Bertz CT molecular complexity index is 1830. The highest BCUT2D eigenvalue weighted by Gasteiger charge is 2.71. The van der Waals surface area contributed by atoms with Gasteiger partial charge in [0, 0.05) is 46.0 Å². The number of ketones is 3. The molecular formula is C35H26N2O6. The van der Waals surface area contributed by atoms with Gasteiger partial charge in [0.15, 0.2) is 17.3 Å². The Morgan fingerprint density at radius 2 is 1.51 bits per heavy atom. The summed E-state index contributed by atoms with van der Waals surface area (Å²) >= 11 is 0. The Labute approximate surface area is 247 Å². The van der Waals surface area contributed by atoms with Crippen molar-refractivity contribution in [1.82, 2.24) is 0 Å². The van der Waals surface area contributed by atoms with Crippen LogP contribution < -0.4 is 9.64 Å². The number of non-ortho nitro benzene ring substituents is 1. The number of fused-ring (bicyclic) bond motifs is 5. The maximum atomic E-state index is 14.8. The molecule has 2 aliphatic heterocycles. The van der Waals surface area contributed by atoms with E-state index < -0.39 is 28.3 Å². The number of ether oxygens (including phenoxy) is 1. The van der Waals surface area contributed by atoms with E-state index in [-0.39, 0.29) is 28.6 Å². The maximum Gasteiger partial charge on any atom is 0.269 e. The molecule has 4 aromatic rings. The summed E-state index contributed by atoms with van der Waals surface area (Å²) in [5, 5.41) is 11.4. The molecule has 212 valence electrons. The van der Waals surface area contributed by atoms with Crippen LogP contribution in [0.2, 0.25) is 0 Å². The highest BCUT2D eigenvalue weighted by atomic mass is 16.6. The SMILES string of the molecule is CCOc1ccccc1[C@H]1[C@H](C(=O)c2ccc([N+](=O)[O-])cc2)N2c3ccccc3C=C[C@H]2C12C(=O)c1ccccc1C2=O. The number of benzene rings is 4. The van der Waals surface area contributed by atoms with Crippen LogP contribution in [-0.2, 0) is 0 Å². The van der Waals surface area contributed by atoms with E-state index in [2.05, 4.69) is 0 Å². The molecule has 1 saturated heterocycles. The van der Waals surface area contributed by atoms with Gasteiger partial charge in [-0.15, -0.1) is 0 Å². The highest BCUT2D eigenvalue weighted by Crippen LogP contribution is 2.62. The molecule has 0 bridgehead atoms. The van der Waals surface area contributed by atoms with Crippen molar-refractivity contribution in [3.63, 3.8) is 0 Å². The van der Waals surface area contributed by atoms with Crippen LogP contribution >= 0.6 is 0 Å². The first-order chi connectivity index (χ1) is 20.9. The molecule has 7 rings (SSSR count). The Balaban J connectivity index is 1.54. The lowest BCUT2D eigenvalue weighted by molar-refractivity contribution is -0.384. The van der Waals surface area contributed by atoms with Crippen LogP contribution in [0.25, 0.3) is 6.08 Å². The fraction of sp³-hybridized carbons (Fsp3) is 0.171. The van der Waals surface area contributed by atoms with E-state index in [4.69, 9.17) is 4.74 Å². The molecule has 8 heteroatoms. The number of anilines is 1. The van der Waals surface area contributed by atoms with E-state index in [0.29, 0.717) is 29.0 Å². The number of nitrogens with zero attached hydrogens (tertiary/aromatic N) is 2. The van der Waals surface area contributed by atoms with Crippen molar-refractivity contribution in [1.29, 1.82) is 0 Å². The molecule has 3 aliphatic rings. The smallest absolute Gasteiger partial charge is 0.269 e. The molecule has 1 fully saturated rings. The van der Waals surface area contributed by atoms with Crippen LogP contribution in [0.1, 0.15) is 55.0 Å². The van der Waals surface area contributed by atoms with Crippen LogP contribution in [0.4, 0.5) is 11.4 Å². The van der Waals surface area contributed by atoms with Crippen molar-refractivity contribution in [3.8, 4) is 5.75 Å². The summed E-state index contributed by atoms with van der Waals surface area (Å²) in [6.45, 7) is 2.19. The average Bonchev–Trinajstić information content (AvgIpc) is 3.47. The first kappa shape index (κ1) is 26.5. The van der Waals surface area contributed by atoms with Crippen molar-refractivity contribution in [3.05, 3.63) is 141 Å². The van der Waals surface area contributed by atoms with Gasteiger partial charge in [-0.25, -0.2) is 0 Å². The summed E-state index contributed by atoms with van der Waals surface area (Å²) in [4.78, 5) is 57.1. The van der Waals surface area contributed by atoms with Gasteiger partial charge in [-0.3, -0.25) is 24.5 Å². The third-order valence-corrected chi connectivity index (χ3v) is 8.90. The van der Waals surface area contributed by atoms with Gasteiger partial charge >= 0.3 is 0 Å². The number of hydrogen-bond donors (Lipinski definition) is 0. The van der Waals surface area contributed by atoms with E-state index >= 15 is 0 Å². The average molecular weight is 571 g/mol. The summed E-state index contributed by atoms with van der Waals surface area (Å²) in [6, 6.07) is 25.3. The van der Waals surface area contributed by atoms with Gasteiger partial charge in [0.25, 0.3) is 5.69 Å². The number of Topliss-reactive ketones (excluding diaryl/α,β-unsaturated/α-hetero) is 3. The Morgan fingerprint density at radius 1 is 0.884 bits per heavy atom. The lowest BCUT2D eigenvalue weighted by atomic mass is 9.64. The molecule has 0 amide bonds. The van der Waals surface area contributed by atoms with Crippen LogP contribution in [0.3, 0.4) is 0 Å². The minimum absolute atomic E-state index is 0.140. The summed E-state index contributed by atoms with van der Waals surface area (Å²) in [7, 11) is 0. The number of carbonyl (C=O) groups excluding carboxylic acids is 3. The lowest BCUT2D eigenvalue weighted by Crippen LogP contribution is -2.48. The molecule has 43 heavy (non-hydrogen) atoms. The Kier molecular flexibility index (Phi) is 6.09. The summed E-state index contributed by atoms with van der Waals surface area (Å²) in [6.07, 6.45) is 3.77. The molecule has 1 spiro atoms. The van der Waals surface area contributed by atoms with E-state index in [9.17, 15) is 24.5 Å². The molecule has 8 nitrogen and oxygen atoms in total. The zero-order chi connectivity index (χ0) is 29.9. The largest absolute Gasteiger partial charge is 0.494 e. The summed E-state index contributed by atoms with van der Waals surface area (Å²) < 4.78 is 6.05. The van der Waals surface area contributed by atoms with Gasteiger partial charge < -0.3 is 9.64 Å². The van der Waals surface area contributed by atoms with Crippen LogP contribution in [0.5, 0.6) is 5.75 Å². The van der Waals surface area contributed by atoms with Gasteiger partial charge in [-0.05, 0) is 36.8 Å². The molecular weight excluding hydrogens is 544 g/mol. The zero-order valence-corrected chi connectivity index (χ0v) is 23.2. The van der Waals surface area contributed by atoms with Crippen LogP contribution in [-0.4, -0.2) is 41.0 Å². The molecule has 0 saturated carbocycles. The Hall–Kier alpha value is -5.37. The third-order valence-electron chi connectivity index (χ3n) is 8.90. The van der Waals surface area contributed by atoms with Crippen molar-refractivity contribution in [2.24, 2.45) is 5.41 Å². The van der Waals surface area contributed by atoms with Crippen molar-refractivity contribution in [2.75, 3.05) is 11.5 Å². The maximum absolute atomic E-state index is 14.8. The van der Waals surface area contributed by atoms with E-state index in [1.54, 1.807) is 30.3 Å². The quantitative estimate of drug-likeness (QED) is 0.116. The van der Waals surface area contributed by atoms with Gasteiger partial charge in [0.1, 0.15) is 17.2 Å². The molecule has 0 unspecified atom stereocenters. The van der Waals surface area contributed by atoms with Crippen molar-refractivity contribution < 1.29 is 24.0 Å². The number of para-hydroxylation sites is 2. The highest BCUT2D eigenvalue weighted by molar-refractivity contribution is 6.32. The predicted octanol–water partition coefficient (Wildman–Crippen LogP) is 6.31. The Morgan fingerprint density at radius 3 is 2.19 bits per heavy atom. The predicted molar refractivity (Wildman–Crippen MR) is 161 cm³/mol. The molecule has 4 aromatic carbocycles. The molecule has 1 aliphatic carbocycles. The summed E-state index contributed by atoms with van der Waals surface area (Å²) in [5.74, 6) is -1.46. The second-order valence-corrected chi connectivity index (χ2v) is 10.9. The topological polar surface area (TPSA) is 107 Å². The van der Waals surface area contributed by atoms with Crippen LogP contribution in [0.15, 0.2) is 103 Å². The zero-order valence-electron chi connectivity index (χ0n) is 23.2. The van der Waals surface area contributed by atoms with Gasteiger partial charge in [-0.2, -0.15) is 0 Å². The number of rotatable bonds is 6. The first-order valence-electron chi connectivity index (χ1n) is 14.1. The second-order valence-electron chi connectivity index (χ2n) is 10.9. The number of nitro benzene ring substituents is 1. The molecule has 0 aromatic heterocycles. The molecule has 3 atom stereocenters. The van der Waals surface area contributed by atoms with Gasteiger partial charge in [-0.1, -0.05) is 72.8 Å². The molecule has 2 heterocycles. The second kappa shape index (κ2) is 9.87. The minimum Gasteiger partial charge on any atom is -0.494 e. The van der Waals surface area contributed by atoms with E-state index in [0.717, 1.165) is 11.3 Å². The minimum atomic E-state index is -1.66. The first-order valence-corrected chi connectivity index (χ1v) is 14.1. The molecule has 0 N–H and O–H groups in total. The van der Waals surface area contributed by atoms with Gasteiger partial charge in [0.05, 0.1) is 17.6 Å². The normalized spacial score (nSPS) is 21.0. The number of carbonyl (C=O) groups is 3. The van der Waals surface area contributed by atoms with E-state index in [1.807, 2.05) is 66.4 Å². The van der Waals surface area contributed by atoms with E-state index in [1.165, 1.54) is 24.3 Å². The fourth-order valence-corrected chi connectivity index (χ4v) is 7.20. The van der Waals surface area contributed by atoms with Gasteiger partial charge in [0.2, 0.25) is 0 Å². The van der Waals surface area contributed by atoms with Crippen LogP contribution in [0, 0.1) is 15.5 Å².